The van der Waals surface area contributed by atoms with Gasteiger partial charge in [0.1, 0.15) is 15.6 Å². The largest absolute Gasteiger partial charge is 0.459 e. The van der Waals surface area contributed by atoms with E-state index in [2.05, 4.69) is 10.0 Å². The Morgan fingerprint density at radius 1 is 1.03 bits per heavy atom. The lowest BCUT2D eigenvalue weighted by molar-refractivity contribution is 0.0935. The molecular weight excluding hydrogens is 408 g/mol. The van der Waals surface area contributed by atoms with Crippen molar-refractivity contribution >= 4 is 43.9 Å². The van der Waals surface area contributed by atoms with E-state index in [0.29, 0.717) is 17.0 Å². The highest BCUT2D eigenvalue weighted by Crippen LogP contribution is 2.24. The summed E-state index contributed by atoms with van der Waals surface area (Å²) in [4.78, 5) is 12.7. The number of sulfonamides is 1. The molecule has 0 aliphatic carbocycles. The highest BCUT2D eigenvalue weighted by atomic mass is 32.2. The zero-order valence-corrected chi connectivity index (χ0v) is 17.1. The summed E-state index contributed by atoms with van der Waals surface area (Å²) in [6, 6.07) is 18.7. The smallest absolute Gasteiger partial charge is 0.271 e. The predicted molar refractivity (Wildman–Crippen MR) is 114 cm³/mol. The highest BCUT2D eigenvalue weighted by Gasteiger charge is 2.18. The third kappa shape index (κ3) is 4.18. The van der Waals surface area contributed by atoms with Crippen molar-refractivity contribution in [1.29, 1.82) is 0 Å². The summed E-state index contributed by atoms with van der Waals surface area (Å²) in [6.07, 6.45) is 0. The van der Waals surface area contributed by atoms with Crippen LogP contribution in [0.3, 0.4) is 0 Å². The molecule has 1 atom stereocenters. The molecule has 0 fully saturated rings. The van der Waals surface area contributed by atoms with Crippen molar-refractivity contribution < 1.29 is 17.6 Å². The van der Waals surface area contributed by atoms with Crippen molar-refractivity contribution in [2.45, 2.75) is 17.2 Å². The molecular formula is C21H18N2O4S2. The van der Waals surface area contributed by atoms with Gasteiger partial charge in [0.15, 0.2) is 0 Å². The Morgan fingerprint density at radius 3 is 2.62 bits per heavy atom. The molecule has 1 amide bonds. The Hall–Kier alpha value is -3.10. The number of nitrogens with one attached hydrogen (secondary N) is 2. The molecule has 0 saturated heterocycles. The zero-order chi connectivity index (χ0) is 20.4. The van der Waals surface area contributed by atoms with Crippen LogP contribution in [0.1, 0.15) is 29.1 Å². The number of thiophene rings is 1. The first-order chi connectivity index (χ1) is 13.9. The van der Waals surface area contributed by atoms with Gasteiger partial charge in [0.25, 0.3) is 15.9 Å². The fourth-order valence-corrected chi connectivity index (χ4v) is 4.96. The number of anilines is 1. The second-order valence-electron chi connectivity index (χ2n) is 6.50. The monoisotopic (exact) mass is 426 g/mol. The molecule has 0 spiro atoms. The standard InChI is InChI=1S/C21H18N2O4S2/c1-14(19-13-15-6-2-3-9-18(15)27-19)22-21(24)16-7-4-8-17(12-16)23-29(25,26)20-10-5-11-28-20/h2-14,23H,1H3,(H,22,24). The van der Waals surface area contributed by atoms with Crippen LogP contribution in [0, 0.1) is 0 Å². The van der Waals surface area contributed by atoms with Crippen LogP contribution in [0.25, 0.3) is 11.0 Å². The van der Waals surface area contributed by atoms with Gasteiger partial charge in [-0.3, -0.25) is 9.52 Å². The molecule has 4 aromatic rings. The Labute approximate surface area is 172 Å². The van der Waals surface area contributed by atoms with Crippen LogP contribution >= 0.6 is 11.3 Å². The zero-order valence-electron chi connectivity index (χ0n) is 15.5. The van der Waals surface area contributed by atoms with E-state index in [9.17, 15) is 13.2 Å². The second kappa shape index (κ2) is 7.73. The molecule has 1 unspecified atom stereocenters. The average Bonchev–Trinajstić information content (AvgIpc) is 3.38. The third-order valence-electron chi connectivity index (χ3n) is 4.36. The van der Waals surface area contributed by atoms with Crippen LogP contribution in [0.2, 0.25) is 0 Å². The van der Waals surface area contributed by atoms with E-state index in [1.165, 1.54) is 12.1 Å². The number of fused-ring (bicyclic) bond motifs is 1. The van der Waals surface area contributed by atoms with E-state index >= 15 is 0 Å². The molecule has 0 bridgehead atoms. The van der Waals surface area contributed by atoms with Crippen LogP contribution in [0.4, 0.5) is 5.69 Å². The average molecular weight is 427 g/mol. The second-order valence-corrected chi connectivity index (χ2v) is 9.36. The molecule has 0 aliphatic heterocycles. The van der Waals surface area contributed by atoms with Crippen molar-refractivity contribution in [2.75, 3.05) is 4.72 Å². The lowest BCUT2D eigenvalue weighted by atomic mass is 10.1. The van der Waals surface area contributed by atoms with Gasteiger partial charge in [-0.05, 0) is 48.7 Å². The van der Waals surface area contributed by atoms with Crippen LogP contribution in [-0.4, -0.2) is 14.3 Å². The van der Waals surface area contributed by atoms with Gasteiger partial charge in [0.05, 0.1) is 6.04 Å². The number of para-hydroxylation sites is 1. The lowest BCUT2D eigenvalue weighted by Gasteiger charge is -2.12. The van der Waals surface area contributed by atoms with Gasteiger partial charge in [-0.2, -0.15) is 0 Å². The predicted octanol–water partition coefficient (Wildman–Crippen LogP) is 4.79. The number of furan rings is 1. The summed E-state index contributed by atoms with van der Waals surface area (Å²) in [5, 5.41) is 5.54. The van der Waals surface area contributed by atoms with E-state index in [1.807, 2.05) is 37.3 Å². The maximum atomic E-state index is 12.7. The number of carbonyl (C=O) groups is 1. The van der Waals surface area contributed by atoms with Crippen LogP contribution in [0.5, 0.6) is 0 Å². The molecule has 2 heterocycles. The molecule has 2 N–H and O–H groups in total. The minimum atomic E-state index is -3.67. The molecule has 29 heavy (non-hydrogen) atoms. The maximum Gasteiger partial charge on any atom is 0.271 e. The van der Waals surface area contributed by atoms with Crippen molar-refractivity contribution in [3.8, 4) is 0 Å². The van der Waals surface area contributed by atoms with Gasteiger partial charge in [0.2, 0.25) is 0 Å². The molecule has 0 aliphatic rings. The van der Waals surface area contributed by atoms with Crippen LogP contribution < -0.4 is 10.0 Å². The summed E-state index contributed by atoms with van der Waals surface area (Å²) in [5.41, 5.74) is 1.43. The fourth-order valence-electron chi connectivity index (χ4n) is 2.91. The van der Waals surface area contributed by atoms with E-state index < -0.39 is 10.0 Å². The van der Waals surface area contributed by atoms with Crippen molar-refractivity contribution in [1.82, 2.24) is 5.32 Å². The molecule has 2 aromatic heterocycles. The van der Waals surface area contributed by atoms with Gasteiger partial charge < -0.3 is 9.73 Å². The number of carbonyl (C=O) groups excluding carboxylic acids is 1. The minimum absolute atomic E-state index is 0.214. The Morgan fingerprint density at radius 2 is 1.86 bits per heavy atom. The van der Waals surface area contributed by atoms with Gasteiger partial charge >= 0.3 is 0 Å². The number of hydrogen-bond acceptors (Lipinski definition) is 5. The first kappa shape index (κ1) is 19.2. The first-order valence-corrected chi connectivity index (χ1v) is 11.2. The fraction of sp³-hybridized carbons (Fsp3) is 0.0952. The van der Waals surface area contributed by atoms with E-state index in [1.54, 1.807) is 29.6 Å². The van der Waals surface area contributed by atoms with Crippen LogP contribution in [-0.2, 0) is 10.0 Å². The van der Waals surface area contributed by atoms with Crippen molar-refractivity contribution in [3.05, 3.63) is 83.4 Å². The number of benzene rings is 2. The number of amides is 1. The minimum Gasteiger partial charge on any atom is -0.459 e. The Kier molecular flexibility index (Phi) is 5.12. The van der Waals surface area contributed by atoms with Crippen molar-refractivity contribution in [3.63, 3.8) is 0 Å². The van der Waals surface area contributed by atoms with Crippen molar-refractivity contribution in [2.24, 2.45) is 0 Å². The maximum absolute atomic E-state index is 12.7. The van der Waals surface area contributed by atoms with E-state index in [0.717, 1.165) is 22.3 Å². The molecule has 6 nitrogen and oxygen atoms in total. The molecule has 4 rings (SSSR count). The lowest BCUT2D eigenvalue weighted by Crippen LogP contribution is -2.26. The number of rotatable bonds is 6. The topological polar surface area (TPSA) is 88.4 Å². The summed E-state index contributed by atoms with van der Waals surface area (Å²) in [5.74, 6) is 0.323. The number of hydrogen-bond donors (Lipinski definition) is 2. The SMILES string of the molecule is CC(NC(=O)c1cccc(NS(=O)(=O)c2cccs2)c1)c1cc2ccccc2o1. The Balaban J connectivity index is 1.49. The molecule has 0 saturated carbocycles. The van der Waals surface area contributed by atoms with Gasteiger partial charge in [0, 0.05) is 16.6 Å². The quantitative estimate of drug-likeness (QED) is 0.464. The molecule has 0 radical (unpaired) electrons. The molecule has 148 valence electrons. The normalized spacial score (nSPS) is 12.6. The van der Waals surface area contributed by atoms with E-state index in [4.69, 9.17) is 4.42 Å². The Bertz CT molecular complexity index is 1230. The molecule has 2 aromatic carbocycles. The summed E-state index contributed by atoms with van der Waals surface area (Å²) >= 11 is 1.13. The summed E-state index contributed by atoms with van der Waals surface area (Å²) in [6.45, 7) is 1.83. The van der Waals surface area contributed by atoms with Crippen LogP contribution in [0.15, 0.2) is 80.7 Å². The highest BCUT2D eigenvalue weighted by molar-refractivity contribution is 7.94. The molecule has 8 heteroatoms. The third-order valence-corrected chi connectivity index (χ3v) is 7.13. The van der Waals surface area contributed by atoms with Gasteiger partial charge in [-0.15, -0.1) is 11.3 Å². The first-order valence-electron chi connectivity index (χ1n) is 8.88. The van der Waals surface area contributed by atoms with Gasteiger partial charge in [-0.25, -0.2) is 8.42 Å². The summed E-state index contributed by atoms with van der Waals surface area (Å²) < 4.78 is 33.3. The van der Waals surface area contributed by atoms with E-state index in [-0.39, 0.29) is 16.2 Å². The van der Waals surface area contributed by atoms with Gasteiger partial charge in [-0.1, -0.05) is 30.3 Å². The summed E-state index contributed by atoms with van der Waals surface area (Å²) in [7, 11) is -3.67.